The van der Waals surface area contributed by atoms with Crippen molar-refractivity contribution in [3.05, 3.63) is 46.8 Å². The van der Waals surface area contributed by atoms with Gasteiger partial charge in [0, 0.05) is 24.4 Å². The Hall–Kier alpha value is -1.37. The highest BCUT2D eigenvalue weighted by Gasteiger charge is 2.26. The highest BCUT2D eigenvalue weighted by atomic mass is 32.2. The van der Waals surface area contributed by atoms with Gasteiger partial charge in [-0.1, -0.05) is 18.2 Å². The summed E-state index contributed by atoms with van der Waals surface area (Å²) >= 11 is 1.22. The lowest BCUT2D eigenvalue weighted by Crippen LogP contribution is -2.30. The van der Waals surface area contributed by atoms with E-state index in [4.69, 9.17) is 5.11 Å². The summed E-state index contributed by atoms with van der Waals surface area (Å²) in [5.41, 5.74) is 1.63. The number of sulfonamides is 1. The fourth-order valence-electron chi connectivity index (χ4n) is 2.16. The minimum Gasteiger partial charge on any atom is -0.396 e. The van der Waals surface area contributed by atoms with Gasteiger partial charge in [-0.05, 0) is 37.6 Å². The summed E-state index contributed by atoms with van der Waals surface area (Å²) in [7, 11) is -3.55. The molecule has 0 saturated heterocycles. The minimum atomic E-state index is -3.55. The van der Waals surface area contributed by atoms with E-state index in [0.29, 0.717) is 22.9 Å². The van der Waals surface area contributed by atoms with Crippen molar-refractivity contribution in [3.63, 3.8) is 0 Å². The highest BCUT2D eigenvalue weighted by Crippen LogP contribution is 2.30. The highest BCUT2D eigenvalue weighted by molar-refractivity contribution is 7.94. The fraction of sp³-hybridized carbons (Fsp3) is 0.333. The SMILES string of the molecule is CCN(c1ccccc1C)S(=O)(=O)c1ccc(CCO)s1. The smallest absolute Gasteiger partial charge is 0.273 e. The zero-order valence-electron chi connectivity index (χ0n) is 12.1. The molecule has 0 bridgehead atoms. The van der Waals surface area contributed by atoms with E-state index in [0.717, 1.165) is 10.4 Å². The standard InChI is InChI=1S/C15H19NO3S2/c1-3-16(14-7-5-4-6-12(14)2)21(18,19)15-9-8-13(20-15)10-11-17/h4-9,17H,3,10-11H2,1-2H3. The van der Waals surface area contributed by atoms with Gasteiger partial charge in [0.2, 0.25) is 0 Å². The molecule has 0 fully saturated rings. The third kappa shape index (κ3) is 3.28. The molecule has 0 aliphatic carbocycles. The van der Waals surface area contributed by atoms with Gasteiger partial charge in [0.25, 0.3) is 10.0 Å². The maximum atomic E-state index is 12.8. The Morgan fingerprint density at radius 1 is 1.19 bits per heavy atom. The second-order valence-electron chi connectivity index (χ2n) is 4.65. The molecule has 0 aliphatic heterocycles. The van der Waals surface area contributed by atoms with Crippen molar-refractivity contribution in [2.24, 2.45) is 0 Å². The lowest BCUT2D eigenvalue weighted by atomic mass is 10.2. The van der Waals surface area contributed by atoms with Crippen LogP contribution in [0.2, 0.25) is 0 Å². The molecule has 0 radical (unpaired) electrons. The van der Waals surface area contributed by atoms with Crippen LogP contribution in [0.15, 0.2) is 40.6 Å². The summed E-state index contributed by atoms with van der Waals surface area (Å²) in [6.07, 6.45) is 0.483. The average Bonchev–Trinajstić information content (AvgIpc) is 2.91. The quantitative estimate of drug-likeness (QED) is 0.888. The van der Waals surface area contributed by atoms with E-state index in [1.807, 2.05) is 38.1 Å². The van der Waals surface area contributed by atoms with Crippen molar-refractivity contribution >= 4 is 27.0 Å². The van der Waals surface area contributed by atoms with Gasteiger partial charge in [-0.3, -0.25) is 4.31 Å². The van der Waals surface area contributed by atoms with Crippen LogP contribution < -0.4 is 4.31 Å². The molecule has 114 valence electrons. The van der Waals surface area contributed by atoms with Crippen LogP contribution in [-0.2, 0) is 16.4 Å². The molecule has 1 aromatic carbocycles. The van der Waals surface area contributed by atoms with Gasteiger partial charge < -0.3 is 5.11 Å². The van der Waals surface area contributed by atoms with Gasteiger partial charge in [0.05, 0.1) is 5.69 Å². The van der Waals surface area contributed by atoms with Gasteiger partial charge >= 0.3 is 0 Å². The molecule has 6 heteroatoms. The van der Waals surface area contributed by atoms with E-state index in [1.54, 1.807) is 12.1 Å². The number of aliphatic hydroxyl groups excluding tert-OH is 1. The van der Waals surface area contributed by atoms with Gasteiger partial charge in [0.15, 0.2) is 0 Å². The summed E-state index contributed by atoms with van der Waals surface area (Å²) in [5.74, 6) is 0. The van der Waals surface area contributed by atoms with Crippen LogP contribution in [0.1, 0.15) is 17.4 Å². The number of nitrogens with zero attached hydrogens (tertiary/aromatic N) is 1. The maximum Gasteiger partial charge on any atom is 0.273 e. The first kappa shape index (κ1) is 16.0. The van der Waals surface area contributed by atoms with Crippen LogP contribution in [0, 0.1) is 6.92 Å². The summed E-state index contributed by atoms with van der Waals surface area (Å²) < 4.78 is 27.4. The van der Waals surface area contributed by atoms with Crippen molar-refractivity contribution in [2.75, 3.05) is 17.5 Å². The topological polar surface area (TPSA) is 57.6 Å². The van der Waals surface area contributed by atoms with Gasteiger partial charge in [-0.25, -0.2) is 8.42 Å². The Bertz CT molecular complexity index is 707. The lowest BCUT2D eigenvalue weighted by molar-refractivity contribution is 0.300. The van der Waals surface area contributed by atoms with Gasteiger partial charge in [-0.15, -0.1) is 11.3 Å². The van der Waals surface area contributed by atoms with Crippen LogP contribution in [0.5, 0.6) is 0 Å². The second kappa shape index (κ2) is 6.60. The maximum absolute atomic E-state index is 12.8. The number of anilines is 1. The molecule has 1 N–H and O–H groups in total. The van der Waals surface area contributed by atoms with Crippen LogP contribution in [0.25, 0.3) is 0 Å². The number of hydrogen-bond donors (Lipinski definition) is 1. The van der Waals surface area contributed by atoms with Crippen LogP contribution in [0.4, 0.5) is 5.69 Å². The molecule has 0 spiro atoms. The molecule has 21 heavy (non-hydrogen) atoms. The molecule has 0 unspecified atom stereocenters. The van der Waals surface area contributed by atoms with E-state index < -0.39 is 10.0 Å². The molecule has 0 aliphatic rings. The summed E-state index contributed by atoms with van der Waals surface area (Å²) in [6.45, 7) is 4.13. The minimum absolute atomic E-state index is 0.0231. The van der Waals surface area contributed by atoms with Gasteiger partial charge in [0.1, 0.15) is 4.21 Å². The van der Waals surface area contributed by atoms with Gasteiger partial charge in [-0.2, -0.15) is 0 Å². The van der Waals surface area contributed by atoms with Crippen LogP contribution in [0.3, 0.4) is 0 Å². The summed E-state index contributed by atoms with van der Waals surface area (Å²) in [4.78, 5) is 0.872. The predicted molar refractivity (Wildman–Crippen MR) is 86.5 cm³/mol. The van der Waals surface area contributed by atoms with Crippen LogP contribution in [-0.4, -0.2) is 26.7 Å². The zero-order valence-corrected chi connectivity index (χ0v) is 13.7. The molecule has 1 heterocycles. The van der Waals surface area contributed by atoms with E-state index in [1.165, 1.54) is 15.6 Å². The zero-order chi connectivity index (χ0) is 15.5. The first-order valence-electron chi connectivity index (χ1n) is 6.78. The molecule has 2 rings (SSSR count). The Morgan fingerprint density at radius 3 is 2.52 bits per heavy atom. The Kier molecular flexibility index (Phi) is 5.03. The third-order valence-corrected chi connectivity index (χ3v) is 6.71. The average molecular weight is 325 g/mol. The van der Waals surface area contributed by atoms with Crippen molar-refractivity contribution in [2.45, 2.75) is 24.5 Å². The van der Waals surface area contributed by atoms with Crippen molar-refractivity contribution in [1.29, 1.82) is 0 Å². The monoisotopic (exact) mass is 325 g/mol. The number of para-hydroxylation sites is 1. The Labute approximate surface area is 129 Å². The molecule has 0 amide bonds. The van der Waals surface area contributed by atoms with E-state index >= 15 is 0 Å². The molecular weight excluding hydrogens is 306 g/mol. The normalized spacial score (nSPS) is 11.6. The van der Waals surface area contributed by atoms with Crippen LogP contribution >= 0.6 is 11.3 Å². The summed E-state index contributed by atoms with van der Waals surface area (Å²) in [6, 6.07) is 10.8. The third-order valence-electron chi connectivity index (χ3n) is 3.21. The molecule has 0 atom stereocenters. The Morgan fingerprint density at radius 2 is 1.90 bits per heavy atom. The molecule has 1 aromatic heterocycles. The summed E-state index contributed by atoms with van der Waals surface area (Å²) in [5, 5.41) is 8.95. The number of aliphatic hydroxyl groups is 1. The van der Waals surface area contributed by atoms with E-state index in [2.05, 4.69) is 0 Å². The number of hydrogen-bond acceptors (Lipinski definition) is 4. The number of rotatable bonds is 6. The van der Waals surface area contributed by atoms with E-state index in [-0.39, 0.29) is 6.61 Å². The molecule has 0 saturated carbocycles. The number of aryl methyl sites for hydroxylation is 1. The predicted octanol–water partition coefficient (Wildman–Crippen LogP) is 2.81. The fourth-order valence-corrected chi connectivity index (χ4v) is 5.16. The Balaban J connectivity index is 2.42. The second-order valence-corrected chi connectivity index (χ2v) is 7.91. The van der Waals surface area contributed by atoms with Crippen molar-refractivity contribution in [3.8, 4) is 0 Å². The number of benzene rings is 1. The van der Waals surface area contributed by atoms with Crippen molar-refractivity contribution < 1.29 is 13.5 Å². The first-order chi connectivity index (χ1) is 10.0. The lowest BCUT2D eigenvalue weighted by Gasteiger charge is -2.23. The molecule has 2 aromatic rings. The number of thiophene rings is 1. The molecule has 4 nitrogen and oxygen atoms in total. The largest absolute Gasteiger partial charge is 0.396 e. The first-order valence-corrected chi connectivity index (χ1v) is 9.04. The van der Waals surface area contributed by atoms with Crippen molar-refractivity contribution in [1.82, 2.24) is 0 Å². The van der Waals surface area contributed by atoms with E-state index in [9.17, 15) is 8.42 Å². The molecular formula is C15H19NO3S2.